The second-order valence-corrected chi connectivity index (χ2v) is 7.30. The summed E-state index contributed by atoms with van der Waals surface area (Å²) in [5, 5.41) is 12.0. The third kappa shape index (κ3) is 4.93. The van der Waals surface area contributed by atoms with Gasteiger partial charge in [-0.1, -0.05) is 0 Å². The van der Waals surface area contributed by atoms with Crippen LogP contribution in [0.5, 0.6) is 5.75 Å². The van der Waals surface area contributed by atoms with Crippen LogP contribution in [0.15, 0.2) is 18.2 Å². The summed E-state index contributed by atoms with van der Waals surface area (Å²) in [6.07, 6.45) is 2.26. The van der Waals surface area contributed by atoms with Crippen LogP contribution in [0.4, 0.5) is 4.39 Å². The van der Waals surface area contributed by atoms with E-state index in [-0.39, 0.29) is 24.1 Å². The molecular weight excluding hydrogens is 393 g/mol. The van der Waals surface area contributed by atoms with Gasteiger partial charge in [0.05, 0.1) is 18.2 Å². The fraction of sp³-hybridized carbons (Fsp3) is 0.500. The molecule has 4 rings (SSSR count). The van der Waals surface area contributed by atoms with Gasteiger partial charge in [-0.2, -0.15) is 5.10 Å². The van der Waals surface area contributed by atoms with Crippen LogP contribution in [0.2, 0.25) is 0 Å². The number of benzene rings is 1. The van der Waals surface area contributed by atoms with E-state index in [1.54, 1.807) is 4.90 Å². The number of rotatable bonds is 5. The Hall–Kier alpha value is -3.01. The van der Waals surface area contributed by atoms with Crippen molar-refractivity contribution >= 4 is 11.9 Å². The molecular formula is C20H26FN5O4. The largest absolute Gasteiger partial charge is 0.491 e. The Bertz CT molecular complexity index is 924. The first-order valence-corrected chi connectivity index (χ1v) is 9.89. The summed E-state index contributed by atoms with van der Waals surface area (Å²) in [7, 11) is 0. The number of nitrogens with zero attached hydrogens (tertiary/aromatic N) is 4. The highest BCUT2D eigenvalue weighted by molar-refractivity contribution is 5.97. The number of nitrogens with two attached hydrogens (primary N) is 1. The quantitative estimate of drug-likeness (QED) is 0.759. The van der Waals surface area contributed by atoms with Crippen molar-refractivity contribution in [2.75, 3.05) is 19.7 Å². The molecule has 162 valence electrons. The van der Waals surface area contributed by atoms with Gasteiger partial charge in [-0.25, -0.2) is 14.1 Å². The van der Waals surface area contributed by atoms with Gasteiger partial charge in [0, 0.05) is 25.9 Å². The number of hydrogen-bond donors (Lipinski definition) is 2. The van der Waals surface area contributed by atoms with Crippen LogP contribution in [0, 0.1) is 5.82 Å². The van der Waals surface area contributed by atoms with Gasteiger partial charge in [0.1, 0.15) is 24.0 Å². The van der Waals surface area contributed by atoms with E-state index in [1.807, 2.05) is 11.6 Å². The van der Waals surface area contributed by atoms with Gasteiger partial charge in [0.15, 0.2) is 5.82 Å². The van der Waals surface area contributed by atoms with Crippen LogP contribution in [0.3, 0.4) is 0 Å². The van der Waals surface area contributed by atoms with Crippen LogP contribution in [0.1, 0.15) is 60.7 Å². The van der Waals surface area contributed by atoms with E-state index >= 15 is 0 Å². The number of aliphatic carboxylic acids is 1. The Morgan fingerprint density at radius 2 is 2.03 bits per heavy atom. The topological polar surface area (TPSA) is 124 Å². The maximum absolute atomic E-state index is 13.8. The number of carboxylic acids is 1. The van der Waals surface area contributed by atoms with Crippen LogP contribution in [-0.2, 0) is 11.3 Å². The fourth-order valence-electron chi connectivity index (χ4n) is 3.29. The predicted molar refractivity (Wildman–Crippen MR) is 106 cm³/mol. The highest BCUT2D eigenvalue weighted by atomic mass is 19.1. The predicted octanol–water partition coefficient (Wildman–Crippen LogP) is 1.94. The third-order valence-corrected chi connectivity index (χ3v) is 4.86. The van der Waals surface area contributed by atoms with Crippen molar-refractivity contribution < 1.29 is 23.8 Å². The smallest absolute Gasteiger partial charge is 0.300 e. The van der Waals surface area contributed by atoms with E-state index in [9.17, 15) is 9.18 Å². The molecule has 1 aromatic carbocycles. The van der Waals surface area contributed by atoms with Gasteiger partial charge < -0.3 is 20.5 Å². The van der Waals surface area contributed by atoms with Crippen molar-refractivity contribution in [3.63, 3.8) is 0 Å². The van der Waals surface area contributed by atoms with Crippen LogP contribution in [-0.4, -0.2) is 56.3 Å². The molecule has 1 aromatic heterocycles. The molecule has 0 bridgehead atoms. The zero-order valence-corrected chi connectivity index (χ0v) is 17.0. The van der Waals surface area contributed by atoms with Crippen LogP contribution < -0.4 is 10.5 Å². The minimum atomic E-state index is -0.833. The Kier molecular flexibility index (Phi) is 6.66. The Morgan fingerprint density at radius 1 is 1.33 bits per heavy atom. The van der Waals surface area contributed by atoms with Gasteiger partial charge in [0.25, 0.3) is 11.9 Å². The summed E-state index contributed by atoms with van der Waals surface area (Å²) in [5.41, 5.74) is 5.68. The molecule has 10 heteroatoms. The van der Waals surface area contributed by atoms with Gasteiger partial charge in [0.2, 0.25) is 0 Å². The van der Waals surface area contributed by atoms with E-state index in [0.29, 0.717) is 31.3 Å². The van der Waals surface area contributed by atoms with Gasteiger partial charge >= 0.3 is 0 Å². The molecule has 1 saturated carbocycles. The SMILES string of the molecule is CC(=O)O.C[C@@H]1c2nc(C3CC3)nn2CCN1C(=O)c1cc(F)ccc1OCCN. The number of aromatic nitrogens is 3. The molecule has 2 aromatic rings. The second-order valence-electron chi connectivity index (χ2n) is 7.30. The van der Waals surface area contributed by atoms with Gasteiger partial charge in [-0.05, 0) is 38.0 Å². The van der Waals surface area contributed by atoms with Crippen molar-refractivity contribution in [3.05, 3.63) is 41.2 Å². The third-order valence-electron chi connectivity index (χ3n) is 4.86. The van der Waals surface area contributed by atoms with Crippen molar-refractivity contribution in [2.24, 2.45) is 5.73 Å². The maximum atomic E-state index is 13.8. The van der Waals surface area contributed by atoms with E-state index in [2.05, 4.69) is 10.1 Å². The number of fused-ring (bicyclic) bond motifs is 1. The lowest BCUT2D eigenvalue weighted by Gasteiger charge is -2.33. The Labute approximate surface area is 173 Å². The molecule has 3 N–H and O–H groups in total. The van der Waals surface area contributed by atoms with Crippen molar-refractivity contribution in [3.8, 4) is 5.75 Å². The summed E-state index contributed by atoms with van der Waals surface area (Å²) in [5.74, 6) is 0.887. The van der Waals surface area contributed by atoms with Crippen LogP contribution >= 0.6 is 0 Å². The lowest BCUT2D eigenvalue weighted by Crippen LogP contribution is -2.41. The summed E-state index contributed by atoms with van der Waals surface area (Å²) in [6.45, 7) is 4.67. The maximum Gasteiger partial charge on any atom is 0.300 e. The summed E-state index contributed by atoms with van der Waals surface area (Å²) in [4.78, 5) is 28.4. The highest BCUT2D eigenvalue weighted by Crippen LogP contribution is 2.39. The normalized spacial score (nSPS) is 17.6. The standard InChI is InChI=1S/C18H22FN5O2.C2H4O2/c1-11-17-21-16(12-2-3-12)22-24(17)8-7-23(11)18(25)14-10-13(19)4-5-15(14)26-9-6-20;1-2(3)4/h4-5,10-12H,2-3,6-9,20H2,1H3;1H3,(H,3,4)/t11-;/m1./s1. The van der Waals surface area contributed by atoms with E-state index in [0.717, 1.165) is 31.4 Å². The Morgan fingerprint density at radius 3 is 2.67 bits per heavy atom. The number of halogens is 1. The van der Waals surface area contributed by atoms with Crippen molar-refractivity contribution in [2.45, 2.75) is 45.2 Å². The number of carbonyl (C=O) groups is 2. The fourth-order valence-corrected chi connectivity index (χ4v) is 3.29. The minimum Gasteiger partial charge on any atom is -0.491 e. The average Bonchev–Trinajstić information content (AvgIpc) is 3.45. The zero-order valence-electron chi connectivity index (χ0n) is 17.0. The van der Waals surface area contributed by atoms with Gasteiger partial charge in [-0.15, -0.1) is 0 Å². The first kappa shape index (κ1) is 21.7. The molecule has 1 fully saturated rings. The molecule has 9 nitrogen and oxygen atoms in total. The zero-order chi connectivity index (χ0) is 21.8. The van der Waals surface area contributed by atoms with Crippen LogP contribution in [0.25, 0.3) is 0 Å². The number of carbonyl (C=O) groups excluding carboxylic acids is 1. The van der Waals surface area contributed by atoms with Crippen molar-refractivity contribution in [1.82, 2.24) is 19.7 Å². The summed E-state index contributed by atoms with van der Waals surface area (Å²) < 4.78 is 21.2. The summed E-state index contributed by atoms with van der Waals surface area (Å²) >= 11 is 0. The molecule has 0 saturated heterocycles. The summed E-state index contributed by atoms with van der Waals surface area (Å²) in [6, 6.07) is 3.74. The molecule has 0 spiro atoms. The minimum absolute atomic E-state index is 0.209. The molecule has 2 aliphatic rings. The van der Waals surface area contributed by atoms with Crippen molar-refractivity contribution in [1.29, 1.82) is 0 Å². The van der Waals surface area contributed by atoms with E-state index < -0.39 is 11.8 Å². The Balaban J connectivity index is 0.000000589. The molecule has 1 amide bonds. The monoisotopic (exact) mass is 419 g/mol. The first-order valence-electron chi connectivity index (χ1n) is 9.89. The molecule has 1 atom stereocenters. The number of amides is 1. The molecule has 0 radical (unpaired) electrons. The number of ether oxygens (including phenoxy) is 1. The number of carboxylic acid groups (broad SMARTS) is 1. The highest BCUT2D eigenvalue weighted by Gasteiger charge is 2.35. The van der Waals surface area contributed by atoms with Gasteiger partial charge in [-0.3, -0.25) is 9.59 Å². The first-order chi connectivity index (χ1) is 14.3. The molecule has 0 unspecified atom stereocenters. The molecule has 2 heterocycles. The molecule has 1 aliphatic heterocycles. The molecule has 30 heavy (non-hydrogen) atoms. The number of hydrogen-bond acceptors (Lipinski definition) is 6. The average molecular weight is 419 g/mol. The van der Waals surface area contributed by atoms with E-state index in [4.69, 9.17) is 20.4 Å². The van der Waals surface area contributed by atoms with E-state index in [1.165, 1.54) is 18.2 Å². The second kappa shape index (κ2) is 9.21. The lowest BCUT2D eigenvalue weighted by molar-refractivity contribution is -0.134. The molecule has 1 aliphatic carbocycles. The lowest BCUT2D eigenvalue weighted by atomic mass is 10.1.